The van der Waals surface area contributed by atoms with Gasteiger partial charge in [0.15, 0.2) is 0 Å². The minimum absolute atomic E-state index is 0.221. The van der Waals surface area contributed by atoms with E-state index in [1.807, 2.05) is 24.1 Å². The van der Waals surface area contributed by atoms with E-state index in [0.29, 0.717) is 24.0 Å². The molecule has 0 unspecified atom stereocenters. The predicted molar refractivity (Wildman–Crippen MR) is 101 cm³/mol. The highest BCUT2D eigenvalue weighted by molar-refractivity contribution is 6.30. The minimum atomic E-state index is 0.221. The SMILES string of the molecule is CC(C)c1nn(C)c(Cl)c1CNCc1ccc(N2CCCC2=O)cc1. The lowest BCUT2D eigenvalue weighted by molar-refractivity contribution is -0.117. The molecule has 1 fully saturated rings. The van der Waals surface area contributed by atoms with Crippen LogP contribution in [0, 0.1) is 0 Å². The second-order valence-corrected chi connectivity index (χ2v) is 7.21. The van der Waals surface area contributed by atoms with Crippen molar-refractivity contribution in [3.8, 4) is 0 Å². The summed E-state index contributed by atoms with van der Waals surface area (Å²) in [7, 11) is 1.87. The quantitative estimate of drug-likeness (QED) is 0.856. The number of benzene rings is 1. The molecule has 0 radical (unpaired) electrons. The number of aromatic nitrogens is 2. The van der Waals surface area contributed by atoms with Crippen LogP contribution in [0.3, 0.4) is 0 Å². The first-order chi connectivity index (χ1) is 12.0. The number of hydrogen-bond acceptors (Lipinski definition) is 3. The van der Waals surface area contributed by atoms with E-state index in [2.05, 4.69) is 36.4 Å². The fourth-order valence-electron chi connectivity index (χ4n) is 3.24. The molecule has 1 aromatic carbocycles. The van der Waals surface area contributed by atoms with Gasteiger partial charge in [0.2, 0.25) is 5.91 Å². The van der Waals surface area contributed by atoms with Crippen LogP contribution in [0.25, 0.3) is 0 Å². The smallest absolute Gasteiger partial charge is 0.227 e. The number of nitrogens with one attached hydrogen (secondary N) is 1. The van der Waals surface area contributed by atoms with Crippen LogP contribution in [0.2, 0.25) is 5.15 Å². The summed E-state index contributed by atoms with van der Waals surface area (Å²) in [6.07, 6.45) is 1.61. The molecule has 25 heavy (non-hydrogen) atoms. The first-order valence-electron chi connectivity index (χ1n) is 8.78. The first-order valence-corrected chi connectivity index (χ1v) is 9.16. The number of hydrogen-bond donors (Lipinski definition) is 1. The van der Waals surface area contributed by atoms with Gasteiger partial charge in [0.1, 0.15) is 5.15 Å². The van der Waals surface area contributed by atoms with Crippen LogP contribution in [0.4, 0.5) is 5.69 Å². The minimum Gasteiger partial charge on any atom is -0.312 e. The van der Waals surface area contributed by atoms with Crippen molar-refractivity contribution in [2.24, 2.45) is 7.05 Å². The number of rotatable bonds is 6. The van der Waals surface area contributed by atoms with Gasteiger partial charge in [0.25, 0.3) is 0 Å². The molecule has 0 spiro atoms. The summed E-state index contributed by atoms with van der Waals surface area (Å²) in [5, 5.41) is 8.65. The van der Waals surface area contributed by atoms with Gasteiger partial charge in [-0.2, -0.15) is 5.10 Å². The Balaban J connectivity index is 1.60. The Morgan fingerprint density at radius 2 is 1.96 bits per heavy atom. The molecule has 0 atom stereocenters. The molecule has 1 aliphatic heterocycles. The van der Waals surface area contributed by atoms with Gasteiger partial charge in [0, 0.05) is 44.4 Å². The second-order valence-electron chi connectivity index (χ2n) is 6.85. The lowest BCUT2D eigenvalue weighted by Crippen LogP contribution is -2.23. The van der Waals surface area contributed by atoms with E-state index < -0.39 is 0 Å². The van der Waals surface area contributed by atoms with Crippen LogP contribution in [0.1, 0.15) is 49.4 Å². The Hall–Kier alpha value is -1.85. The largest absolute Gasteiger partial charge is 0.312 e. The van der Waals surface area contributed by atoms with Gasteiger partial charge in [-0.1, -0.05) is 37.6 Å². The molecule has 6 heteroatoms. The highest BCUT2D eigenvalue weighted by Gasteiger charge is 2.21. The lowest BCUT2D eigenvalue weighted by atomic mass is 10.1. The molecular formula is C19H25ClN4O. The molecule has 5 nitrogen and oxygen atoms in total. The van der Waals surface area contributed by atoms with Gasteiger partial charge in [0.05, 0.1) is 5.69 Å². The number of carbonyl (C=O) groups is 1. The van der Waals surface area contributed by atoms with E-state index in [1.165, 1.54) is 5.56 Å². The van der Waals surface area contributed by atoms with Crippen molar-refractivity contribution in [2.75, 3.05) is 11.4 Å². The number of carbonyl (C=O) groups excluding carboxylic acids is 1. The second kappa shape index (κ2) is 7.58. The predicted octanol–water partition coefficient (Wildman–Crippen LogP) is 3.61. The Morgan fingerprint density at radius 3 is 2.56 bits per heavy atom. The maximum atomic E-state index is 11.8. The van der Waals surface area contributed by atoms with E-state index in [1.54, 1.807) is 4.68 Å². The summed E-state index contributed by atoms with van der Waals surface area (Å²) in [4.78, 5) is 13.7. The van der Waals surface area contributed by atoms with Gasteiger partial charge in [-0.05, 0) is 30.0 Å². The van der Waals surface area contributed by atoms with Crippen molar-refractivity contribution >= 4 is 23.2 Å². The number of aryl methyl sites for hydroxylation is 1. The summed E-state index contributed by atoms with van der Waals surface area (Å²) in [6, 6.07) is 8.19. The molecule has 1 aliphatic rings. The van der Waals surface area contributed by atoms with Crippen LogP contribution >= 0.6 is 11.6 Å². The topological polar surface area (TPSA) is 50.2 Å². The third kappa shape index (κ3) is 3.88. The zero-order valence-electron chi connectivity index (χ0n) is 15.1. The highest BCUT2D eigenvalue weighted by atomic mass is 35.5. The molecule has 1 saturated heterocycles. The third-order valence-corrected chi connectivity index (χ3v) is 5.07. The van der Waals surface area contributed by atoms with Crippen molar-refractivity contribution in [1.82, 2.24) is 15.1 Å². The van der Waals surface area contributed by atoms with Gasteiger partial charge in [-0.25, -0.2) is 0 Å². The van der Waals surface area contributed by atoms with Crippen LogP contribution in [-0.2, 0) is 24.9 Å². The molecule has 0 bridgehead atoms. The maximum absolute atomic E-state index is 11.8. The van der Waals surface area contributed by atoms with Gasteiger partial charge in [-0.15, -0.1) is 0 Å². The Labute approximate surface area is 154 Å². The molecule has 3 rings (SSSR count). The normalized spacial score (nSPS) is 14.8. The lowest BCUT2D eigenvalue weighted by Gasteiger charge is -2.16. The first kappa shape index (κ1) is 18.0. The number of nitrogens with zero attached hydrogens (tertiary/aromatic N) is 3. The van der Waals surface area contributed by atoms with Gasteiger partial charge >= 0.3 is 0 Å². The van der Waals surface area contributed by atoms with Crippen molar-refractivity contribution < 1.29 is 4.79 Å². The third-order valence-electron chi connectivity index (χ3n) is 4.60. The molecule has 0 saturated carbocycles. The van der Waals surface area contributed by atoms with Crippen LogP contribution in [-0.4, -0.2) is 22.2 Å². The number of anilines is 1. The molecule has 1 N–H and O–H groups in total. The van der Waals surface area contributed by atoms with Crippen LogP contribution < -0.4 is 10.2 Å². The van der Waals surface area contributed by atoms with Crippen molar-refractivity contribution in [3.05, 3.63) is 46.2 Å². The van der Waals surface area contributed by atoms with E-state index in [4.69, 9.17) is 11.6 Å². The molecule has 0 aliphatic carbocycles. The molecular weight excluding hydrogens is 336 g/mol. The van der Waals surface area contributed by atoms with Crippen LogP contribution in [0.5, 0.6) is 0 Å². The zero-order chi connectivity index (χ0) is 18.0. The fourth-order valence-corrected chi connectivity index (χ4v) is 3.44. The Bertz CT molecular complexity index is 752. The maximum Gasteiger partial charge on any atom is 0.227 e. The summed E-state index contributed by atoms with van der Waals surface area (Å²) in [5.41, 5.74) is 4.28. The standard InChI is InChI=1S/C19H25ClN4O/c1-13(2)18-16(19(20)23(3)22-18)12-21-11-14-6-8-15(9-7-14)24-10-4-5-17(24)25/h6-9,13,21H,4-5,10-12H2,1-3H3. The molecule has 2 aromatic rings. The summed E-state index contributed by atoms with van der Waals surface area (Å²) in [6.45, 7) is 6.51. The average Bonchev–Trinajstić information content (AvgIpc) is 3.14. The Morgan fingerprint density at radius 1 is 1.24 bits per heavy atom. The van der Waals surface area contributed by atoms with Crippen molar-refractivity contribution in [1.29, 1.82) is 0 Å². The van der Waals surface area contributed by atoms with E-state index in [9.17, 15) is 4.79 Å². The number of halogens is 1. The molecule has 134 valence electrons. The van der Waals surface area contributed by atoms with Gasteiger partial charge in [-0.3, -0.25) is 9.48 Å². The summed E-state index contributed by atoms with van der Waals surface area (Å²) in [5.74, 6) is 0.561. The van der Waals surface area contributed by atoms with Crippen LogP contribution in [0.15, 0.2) is 24.3 Å². The monoisotopic (exact) mass is 360 g/mol. The van der Waals surface area contributed by atoms with E-state index in [0.717, 1.165) is 36.5 Å². The fraction of sp³-hybridized carbons (Fsp3) is 0.474. The zero-order valence-corrected chi connectivity index (χ0v) is 15.8. The number of amides is 1. The Kier molecular flexibility index (Phi) is 5.45. The molecule has 2 heterocycles. The average molecular weight is 361 g/mol. The van der Waals surface area contributed by atoms with E-state index >= 15 is 0 Å². The summed E-state index contributed by atoms with van der Waals surface area (Å²) >= 11 is 6.37. The van der Waals surface area contributed by atoms with Gasteiger partial charge < -0.3 is 10.2 Å². The van der Waals surface area contributed by atoms with E-state index in [-0.39, 0.29) is 5.91 Å². The van der Waals surface area contributed by atoms with Crippen molar-refractivity contribution in [3.63, 3.8) is 0 Å². The highest BCUT2D eigenvalue weighted by Crippen LogP contribution is 2.25. The summed E-state index contributed by atoms with van der Waals surface area (Å²) < 4.78 is 1.73. The molecule has 1 amide bonds. The van der Waals surface area contributed by atoms with Crippen molar-refractivity contribution in [2.45, 2.75) is 45.7 Å². The molecule has 1 aromatic heterocycles.